The Bertz CT molecular complexity index is 948. The zero-order valence-electron chi connectivity index (χ0n) is 15.4. The third kappa shape index (κ3) is 4.63. The molecule has 0 unspecified atom stereocenters. The predicted octanol–water partition coefficient (Wildman–Crippen LogP) is 3.38. The van der Waals surface area contributed by atoms with Gasteiger partial charge < -0.3 is 19.8 Å². The standard InChI is InChI=1S/C20H22N4O3/c1-3-27-20(26)21-11-10-18(25)22-16-8-6-15(7-9-16)17-13-24-12-4-5-14(2)19(24)23-17/h4-9,12-13H,3,10-11H2,1-2H3,(H,21,26)(H,22,25). The number of alkyl carbamates (subject to hydrolysis) is 1. The molecule has 27 heavy (non-hydrogen) atoms. The second-order valence-electron chi connectivity index (χ2n) is 6.07. The second-order valence-corrected chi connectivity index (χ2v) is 6.07. The molecule has 3 rings (SSSR count). The van der Waals surface area contributed by atoms with Gasteiger partial charge in [-0.05, 0) is 37.6 Å². The Kier molecular flexibility index (Phi) is 5.71. The molecule has 0 fully saturated rings. The predicted molar refractivity (Wildman–Crippen MR) is 104 cm³/mol. The first-order valence-corrected chi connectivity index (χ1v) is 8.82. The van der Waals surface area contributed by atoms with Gasteiger partial charge in [0.1, 0.15) is 5.65 Å². The maximum absolute atomic E-state index is 11.9. The molecule has 2 N–H and O–H groups in total. The van der Waals surface area contributed by atoms with Crippen LogP contribution in [-0.2, 0) is 9.53 Å². The number of carbonyl (C=O) groups excluding carboxylic acids is 2. The summed E-state index contributed by atoms with van der Waals surface area (Å²) in [4.78, 5) is 27.8. The maximum atomic E-state index is 11.9. The summed E-state index contributed by atoms with van der Waals surface area (Å²) in [6.07, 6.45) is 3.61. The minimum Gasteiger partial charge on any atom is -0.450 e. The first kappa shape index (κ1) is 18.4. The molecule has 2 aromatic heterocycles. The Morgan fingerprint density at radius 1 is 1.19 bits per heavy atom. The molecule has 3 aromatic rings. The lowest BCUT2D eigenvalue weighted by atomic mass is 10.1. The van der Waals surface area contributed by atoms with Gasteiger partial charge in [-0.1, -0.05) is 18.2 Å². The Hall–Kier alpha value is -3.35. The Balaban J connectivity index is 1.59. The number of imidazole rings is 1. The maximum Gasteiger partial charge on any atom is 0.407 e. The van der Waals surface area contributed by atoms with E-state index in [9.17, 15) is 9.59 Å². The molecule has 2 amide bonds. The first-order valence-electron chi connectivity index (χ1n) is 8.82. The summed E-state index contributed by atoms with van der Waals surface area (Å²) in [6.45, 7) is 4.28. The molecule has 2 heterocycles. The van der Waals surface area contributed by atoms with Gasteiger partial charge >= 0.3 is 6.09 Å². The molecule has 0 saturated carbocycles. The number of fused-ring (bicyclic) bond motifs is 1. The van der Waals surface area contributed by atoms with Crippen molar-refractivity contribution in [2.45, 2.75) is 20.3 Å². The van der Waals surface area contributed by atoms with Crippen LogP contribution in [0.2, 0.25) is 0 Å². The molecular weight excluding hydrogens is 344 g/mol. The van der Waals surface area contributed by atoms with Gasteiger partial charge in [0.05, 0.1) is 12.3 Å². The van der Waals surface area contributed by atoms with Gasteiger partial charge in [0, 0.05) is 36.6 Å². The lowest BCUT2D eigenvalue weighted by molar-refractivity contribution is -0.116. The van der Waals surface area contributed by atoms with Gasteiger partial charge in [-0.15, -0.1) is 0 Å². The van der Waals surface area contributed by atoms with Crippen molar-refractivity contribution >= 4 is 23.3 Å². The lowest BCUT2D eigenvalue weighted by Gasteiger charge is -2.07. The minimum atomic E-state index is -0.516. The van der Waals surface area contributed by atoms with Crippen LogP contribution >= 0.6 is 0 Å². The quantitative estimate of drug-likeness (QED) is 0.700. The number of amides is 2. The van der Waals surface area contributed by atoms with Crippen molar-refractivity contribution in [1.29, 1.82) is 0 Å². The van der Waals surface area contributed by atoms with E-state index in [4.69, 9.17) is 4.74 Å². The largest absolute Gasteiger partial charge is 0.450 e. The van der Waals surface area contributed by atoms with E-state index in [1.165, 1.54) is 0 Å². The summed E-state index contributed by atoms with van der Waals surface area (Å²) in [5.74, 6) is -0.178. The molecule has 7 nitrogen and oxygen atoms in total. The SMILES string of the molecule is CCOC(=O)NCCC(=O)Nc1ccc(-c2cn3cccc(C)c3n2)cc1. The summed E-state index contributed by atoms with van der Waals surface area (Å²) in [5, 5.41) is 5.32. The molecule has 0 atom stereocenters. The fourth-order valence-electron chi connectivity index (χ4n) is 2.70. The number of pyridine rings is 1. The lowest BCUT2D eigenvalue weighted by Crippen LogP contribution is -2.28. The van der Waals surface area contributed by atoms with Crippen molar-refractivity contribution < 1.29 is 14.3 Å². The summed E-state index contributed by atoms with van der Waals surface area (Å²) in [6, 6.07) is 11.5. The molecule has 7 heteroatoms. The van der Waals surface area contributed by atoms with Crippen LogP contribution in [0.1, 0.15) is 18.9 Å². The zero-order chi connectivity index (χ0) is 19.2. The Morgan fingerprint density at radius 3 is 2.67 bits per heavy atom. The van der Waals surface area contributed by atoms with E-state index in [1.807, 2.05) is 60.1 Å². The molecule has 1 aromatic carbocycles. The third-order valence-electron chi connectivity index (χ3n) is 4.04. The molecule has 140 valence electrons. The molecule has 0 aliphatic heterocycles. The van der Waals surface area contributed by atoms with Crippen molar-refractivity contribution in [3.05, 3.63) is 54.4 Å². The van der Waals surface area contributed by atoms with Crippen LogP contribution in [0.25, 0.3) is 16.9 Å². The van der Waals surface area contributed by atoms with Crippen molar-refractivity contribution in [2.75, 3.05) is 18.5 Å². The van der Waals surface area contributed by atoms with Crippen molar-refractivity contribution in [1.82, 2.24) is 14.7 Å². The number of benzene rings is 1. The van der Waals surface area contributed by atoms with Gasteiger partial charge in [-0.2, -0.15) is 0 Å². The van der Waals surface area contributed by atoms with Crippen LogP contribution in [-0.4, -0.2) is 34.5 Å². The number of carbonyl (C=O) groups is 2. The summed E-state index contributed by atoms with van der Waals surface area (Å²) in [5.41, 5.74) is 4.59. The van der Waals surface area contributed by atoms with Gasteiger partial charge in [0.25, 0.3) is 0 Å². The highest BCUT2D eigenvalue weighted by Gasteiger charge is 2.08. The van der Waals surface area contributed by atoms with E-state index in [0.717, 1.165) is 22.5 Å². The average molecular weight is 366 g/mol. The molecular formula is C20H22N4O3. The van der Waals surface area contributed by atoms with E-state index in [-0.39, 0.29) is 18.9 Å². The fourth-order valence-corrected chi connectivity index (χ4v) is 2.70. The summed E-state index contributed by atoms with van der Waals surface area (Å²) in [7, 11) is 0. The van der Waals surface area contributed by atoms with Crippen molar-refractivity contribution in [2.24, 2.45) is 0 Å². The number of nitrogens with zero attached hydrogens (tertiary/aromatic N) is 2. The minimum absolute atomic E-state index is 0.173. The van der Waals surface area contributed by atoms with E-state index < -0.39 is 6.09 Å². The highest BCUT2D eigenvalue weighted by Crippen LogP contribution is 2.22. The smallest absolute Gasteiger partial charge is 0.407 e. The number of anilines is 1. The number of ether oxygens (including phenoxy) is 1. The molecule has 0 bridgehead atoms. The van der Waals surface area contributed by atoms with Crippen LogP contribution in [0.15, 0.2) is 48.8 Å². The van der Waals surface area contributed by atoms with Crippen LogP contribution in [0.5, 0.6) is 0 Å². The number of aryl methyl sites for hydroxylation is 1. The number of hydrogen-bond donors (Lipinski definition) is 2. The average Bonchev–Trinajstić information content (AvgIpc) is 3.08. The molecule has 0 aliphatic carbocycles. The summed E-state index contributed by atoms with van der Waals surface area (Å²) < 4.78 is 6.73. The molecule has 0 aliphatic rings. The first-order chi connectivity index (χ1) is 13.1. The van der Waals surface area contributed by atoms with Gasteiger partial charge in [-0.25, -0.2) is 9.78 Å². The molecule has 0 saturated heterocycles. The fraction of sp³-hybridized carbons (Fsp3) is 0.250. The topological polar surface area (TPSA) is 84.7 Å². The second kappa shape index (κ2) is 8.35. The highest BCUT2D eigenvalue weighted by atomic mass is 16.5. The Labute approximate surface area is 157 Å². The number of aromatic nitrogens is 2. The van der Waals surface area contributed by atoms with Crippen LogP contribution < -0.4 is 10.6 Å². The van der Waals surface area contributed by atoms with Crippen molar-refractivity contribution in [3.63, 3.8) is 0 Å². The monoisotopic (exact) mass is 366 g/mol. The number of hydrogen-bond acceptors (Lipinski definition) is 4. The zero-order valence-corrected chi connectivity index (χ0v) is 15.4. The molecule has 0 radical (unpaired) electrons. The van der Waals surface area contributed by atoms with Crippen molar-refractivity contribution in [3.8, 4) is 11.3 Å². The third-order valence-corrected chi connectivity index (χ3v) is 4.04. The summed E-state index contributed by atoms with van der Waals surface area (Å²) >= 11 is 0. The van der Waals surface area contributed by atoms with E-state index in [0.29, 0.717) is 12.3 Å². The van der Waals surface area contributed by atoms with Gasteiger partial charge in [0.2, 0.25) is 5.91 Å². The number of rotatable bonds is 6. The van der Waals surface area contributed by atoms with E-state index in [2.05, 4.69) is 15.6 Å². The Morgan fingerprint density at radius 2 is 1.96 bits per heavy atom. The van der Waals surface area contributed by atoms with Crippen LogP contribution in [0.3, 0.4) is 0 Å². The number of nitrogens with one attached hydrogen (secondary N) is 2. The van der Waals surface area contributed by atoms with E-state index >= 15 is 0 Å². The van der Waals surface area contributed by atoms with Crippen LogP contribution in [0, 0.1) is 6.92 Å². The van der Waals surface area contributed by atoms with Gasteiger partial charge in [-0.3, -0.25) is 4.79 Å². The molecule has 0 spiro atoms. The van der Waals surface area contributed by atoms with Gasteiger partial charge in [0.15, 0.2) is 0 Å². The normalized spacial score (nSPS) is 10.6. The van der Waals surface area contributed by atoms with E-state index in [1.54, 1.807) is 6.92 Å². The highest BCUT2D eigenvalue weighted by molar-refractivity contribution is 5.91. The van der Waals surface area contributed by atoms with Crippen LogP contribution in [0.4, 0.5) is 10.5 Å².